The molecule has 7 nitrogen and oxygen atoms in total. The summed E-state index contributed by atoms with van der Waals surface area (Å²) in [6, 6.07) is 9.93. The minimum absolute atomic E-state index is 0.121. The van der Waals surface area contributed by atoms with Crippen molar-refractivity contribution in [3.05, 3.63) is 76.2 Å². The molecule has 0 saturated heterocycles. The van der Waals surface area contributed by atoms with Gasteiger partial charge in [0.05, 0.1) is 31.7 Å². The number of ether oxygens (including phenoxy) is 1. The number of rotatable bonds is 5. The number of hydrogen-bond acceptors (Lipinski definition) is 5. The Kier molecular flexibility index (Phi) is 4.60. The minimum Gasteiger partial charge on any atom is -0.481 e. The third kappa shape index (κ3) is 3.57. The van der Waals surface area contributed by atoms with Crippen molar-refractivity contribution >= 4 is 5.91 Å². The Morgan fingerprint density at radius 3 is 2.72 bits per heavy atom. The molecule has 0 aliphatic carbocycles. The lowest BCUT2D eigenvalue weighted by Crippen LogP contribution is -2.31. The largest absolute Gasteiger partial charge is 0.481 e. The van der Waals surface area contributed by atoms with Crippen LogP contribution in [0.25, 0.3) is 5.69 Å². The van der Waals surface area contributed by atoms with Crippen molar-refractivity contribution in [1.29, 1.82) is 0 Å². The highest BCUT2D eigenvalue weighted by Crippen LogP contribution is 2.15. The van der Waals surface area contributed by atoms with E-state index in [-0.39, 0.29) is 18.1 Å². The van der Waals surface area contributed by atoms with Gasteiger partial charge in [-0.2, -0.15) is 5.10 Å². The Bertz CT molecular complexity index is 934. The number of nitrogens with one attached hydrogen (secondary N) is 1. The van der Waals surface area contributed by atoms with E-state index < -0.39 is 17.2 Å². The molecule has 3 rings (SSSR count). The van der Waals surface area contributed by atoms with Gasteiger partial charge in [0.1, 0.15) is 11.6 Å². The summed E-state index contributed by atoms with van der Waals surface area (Å²) in [5.41, 5.74) is -0.456. The van der Waals surface area contributed by atoms with Crippen LogP contribution in [0.5, 0.6) is 5.88 Å². The molecule has 1 N–H and O–H groups in total. The van der Waals surface area contributed by atoms with Crippen LogP contribution in [0, 0.1) is 5.82 Å². The number of amides is 1. The lowest BCUT2D eigenvalue weighted by Gasteiger charge is -2.12. The molecule has 0 spiro atoms. The van der Waals surface area contributed by atoms with Crippen LogP contribution in [-0.4, -0.2) is 22.8 Å². The third-order valence-electron chi connectivity index (χ3n) is 3.40. The first kappa shape index (κ1) is 16.4. The fourth-order valence-corrected chi connectivity index (χ4v) is 2.17. The average Bonchev–Trinajstić information content (AvgIpc) is 3.14. The first-order valence-corrected chi connectivity index (χ1v) is 7.33. The number of carbonyl (C=O) groups excluding carboxylic acids is 1. The predicted octanol–water partition coefficient (Wildman–Crippen LogP) is 1.90. The Morgan fingerprint density at radius 2 is 2.08 bits per heavy atom. The van der Waals surface area contributed by atoms with Crippen LogP contribution < -0.4 is 15.5 Å². The van der Waals surface area contributed by atoms with Crippen molar-refractivity contribution in [2.45, 2.75) is 6.54 Å². The lowest BCUT2D eigenvalue weighted by atomic mass is 10.3. The zero-order valence-electron chi connectivity index (χ0n) is 13.2. The molecule has 0 bridgehead atoms. The van der Waals surface area contributed by atoms with Gasteiger partial charge in [-0.15, -0.1) is 0 Å². The first-order chi connectivity index (χ1) is 12.1. The predicted molar refractivity (Wildman–Crippen MR) is 86.2 cm³/mol. The molecule has 0 unspecified atom stereocenters. The molecule has 0 atom stereocenters. The maximum atomic E-state index is 13.1. The molecular weight excluding hydrogens is 329 g/mol. The normalized spacial score (nSPS) is 10.5. The van der Waals surface area contributed by atoms with Crippen LogP contribution in [-0.2, 0) is 6.54 Å². The van der Waals surface area contributed by atoms with Crippen LogP contribution in [0.2, 0.25) is 0 Å². The van der Waals surface area contributed by atoms with Crippen LogP contribution in [0.3, 0.4) is 0 Å². The van der Waals surface area contributed by atoms with Crippen molar-refractivity contribution < 1.29 is 18.3 Å². The number of aromatic nitrogens is 2. The number of halogens is 1. The molecule has 0 aliphatic rings. The van der Waals surface area contributed by atoms with Gasteiger partial charge in [0.25, 0.3) is 5.91 Å². The van der Waals surface area contributed by atoms with E-state index in [9.17, 15) is 14.0 Å². The Labute approximate surface area is 141 Å². The summed E-state index contributed by atoms with van der Waals surface area (Å²) in [6.45, 7) is 0.121. The van der Waals surface area contributed by atoms with Crippen molar-refractivity contribution in [1.82, 2.24) is 15.1 Å². The molecule has 1 aromatic carbocycles. The molecule has 8 heteroatoms. The molecule has 2 heterocycles. The molecular formula is C17H14FN3O4. The average molecular weight is 343 g/mol. The number of nitrogens with zero attached hydrogens (tertiary/aromatic N) is 2. The molecule has 0 radical (unpaired) electrons. The van der Waals surface area contributed by atoms with Gasteiger partial charge >= 0.3 is 0 Å². The van der Waals surface area contributed by atoms with E-state index in [1.54, 1.807) is 12.1 Å². The van der Waals surface area contributed by atoms with E-state index in [1.165, 1.54) is 42.3 Å². The topological polar surface area (TPSA) is 86.4 Å². The number of methoxy groups -OCH3 is 1. The molecule has 2 aromatic heterocycles. The molecule has 0 saturated carbocycles. The van der Waals surface area contributed by atoms with E-state index in [4.69, 9.17) is 9.15 Å². The summed E-state index contributed by atoms with van der Waals surface area (Å²) in [7, 11) is 1.37. The lowest BCUT2D eigenvalue weighted by molar-refractivity contribution is 0.0939. The maximum absolute atomic E-state index is 13.1. The fourth-order valence-electron chi connectivity index (χ4n) is 2.17. The SMILES string of the molecule is COc1cc(=O)c(C(=O)NCc2ccco2)nn1-c1ccc(F)cc1. The summed E-state index contributed by atoms with van der Waals surface area (Å²) in [6.07, 6.45) is 1.48. The van der Waals surface area contributed by atoms with Gasteiger partial charge in [-0.3, -0.25) is 9.59 Å². The van der Waals surface area contributed by atoms with Gasteiger partial charge in [-0.05, 0) is 36.4 Å². The van der Waals surface area contributed by atoms with Crippen molar-refractivity contribution in [3.8, 4) is 11.6 Å². The Hall–Kier alpha value is -3.42. The summed E-state index contributed by atoms with van der Waals surface area (Å²) >= 11 is 0. The molecule has 1 amide bonds. The first-order valence-electron chi connectivity index (χ1n) is 7.33. The van der Waals surface area contributed by atoms with Gasteiger partial charge in [0.2, 0.25) is 11.3 Å². The Morgan fingerprint density at radius 1 is 1.32 bits per heavy atom. The summed E-state index contributed by atoms with van der Waals surface area (Å²) in [4.78, 5) is 24.4. The van der Waals surface area contributed by atoms with Crippen molar-refractivity contribution in [3.63, 3.8) is 0 Å². The number of hydrogen-bond donors (Lipinski definition) is 1. The number of carbonyl (C=O) groups is 1. The summed E-state index contributed by atoms with van der Waals surface area (Å²) in [5, 5.41) is 6.62. The van der Waals surface area contributed by atoms with Gasteiger partial charge < -0.3 is 14.5 Å². The van der Waals surface area contributed by atoms with Crippen LogP contribution >= 0.6 is 0 Å². The minimum atomic E-state index is -0.653. The van der Waals surface area contributed by atoms with E-state index in [2.05, 4.69) is 10.4 Å². The van der Waals surface area contributed by atoms with Crippen molar-refractivity contribution in [2.75, 3.05) is 7.11 Å². The standard InChI is InChI=1S/C17H14FN3O4/c1-24-15-9-14(22)16(17(23)19-10-13-3-2-8-25-13)20-21(15)12-6-4-11(18)5-7-12/h2-9H,10H2,1H3,(H,19,23). The van der Waals surface area contributed by atoms with E-state index >= 15 is 0 Å². The van der Waals surface area contributed by atoms with Gasteiger partial charge in [0.15, 0.2) is 5.69 Å². The molecule has 0 aliphatic heterocycles. The zero-order chi connectivity index (χ0) is 17.8. The van der Waals surface area contributed by atoms with E-state index in [0.717, 1.165) is 6.07 Å². The van der Waals surface area contributed by atoms with Gasteiger partial charge in [0, 0.05) is 0 Å². The summed E-state index contributed by atoms with van der Waals surface area (Å²) < 4.78 is 24.6. The van der Waals surface area contributed by atoms with Crippen LogP contribution in [0.1, 0.15) is 16.2 Å². The van der Waals surface area contributed by atoms with Gasteiger partial charge in [-0.25, -0.2) is 9.07 Å². The number of furan rings is 1. The van der Waals surface area contributed by atoms with Gasteiger partial charge in [-0.1, -0.05) is 0 Å². The van der Waals surface area contributed by atoms with E-state index in [0.29, 0.717) is 11.4 Å². The van der Waals surface area contributed by atoms with Crippen molar-refractivity contribution in [2.24, 2.45) is 0 Å². The van der Waals surface area contributed by atoms with Crippen LogP contribution in [0.4, 0.5) is 4.39 Å². The second kappa shape index (κ2) is 7.00. The zero-order valence-corrected chi connectivity index (χ0v) is 13.2. The molecule has 25 heavy (non-hydrogen) atoms. The highest BCUT2D eigenvalue weighted by atomic mass is 19.1. The van der Waals surface area contributed by atoms with E-state index in [1.807, 2.05) is 0 Å². The molecule has 3 aromatic rings. The highest BCUT2D eigenvalue weighted by molar-refractivity contribution is 5.92. The molecule has 0 fully saturated rings. The second-order valence-corrected chi connectivity index (χ2v) is 5.05. The molecule has 128 valence electrons. The van der Waals surface area contributed by atoms with Crippen LogP contribution in [0.15, 0.2) is 57.9 Å². The quantitative estimate of drug-likeness (QED) is 0.765. The highest BCUT2D eigenvalue weighted by Gasteiger charge is 2.17. The second-order valence-electron chi connectivity index (χ2n) is 5.05. The Balaban J connectivity index is 1.94. The third-order valence-corrected chi connectivity index (χ3v) is 3.40. The number of benzene rings is 1. The monoisotopic (exact) mass is 343 g/mol. The summed E-state index contributed by atoms with van der Waals surface area (Å²) in [5.74, 6) is -0.403. The smallest absolute Gasteiger partial charge is 0.276 e. The fraction of sp³-hybridized carbons (Fsp3) is 0.118. The maximum Gasteiger partial charge on any atom is 0.276 e.